The van der Waals surface area contributed by atoms with Crippen molar-refractivity contribution in [3.8, 4) is 0 Å². The van der Waals surface area contributed by atoms with Gasteiger partial charge in [0, 0.05) is 5.56 Å². The van der Waals surface area contributed by atoms with E-state index >= 15 is 0 Å². The highest BCUT2D eigenvalue weighted by atomic mass is 79.9. The number of carbonyl (C=O) groups is 1. The highest BCUT2D eigenvalue weighted by Crippen LogP contribution is 2.21. The molecule has 2 aromatic carbocycles. The van der Waals surface area contributed by atoms with Crippen LogP contribution in [0, 0.1) is 6.92 Å². The summed E-state index contributed by atoms with van der Waals surface area (Å²) >= 11 is 3.32. The van der Waals surface area contributed by atoms with E-state index in [1.54, 1.807) is 0 Å². The first-order valence-corrected chi connectivity index (χ1v) is 7.37. The summed E-state index contributed by atoms with van der Waals surface area (Å²) in [7, 11) is 0. The van der Waals surface area contributed by atoms with Gasteiger partial charge in [0.05, 0.1) is 11.4 Å². The lowest BCUT2D eigenvalue weighted by atomic mass is 10.0. The predicted octanol–water partition coefficient (Wildman–Crippen LogP) is 4.56. The average molecular weight is 341 g/mol. The van der Waals surface area contributed by atoms with Gasteiger partial charge in [-0.05, 0) is 51.8 Å². The number of fused-ring (bicyclic) bond motifs is 1. The van der Waals surface area contributed by atoms with Crippen LogP contribution in [0.2, 0.25) is 0 Å². The van der Waals surface area contributed by atoms with Crippen molar-refractivity contribution in [3.63, 3.8) is 0 Å². The highest BCUT2D eigenvalue weighted by molar-refractivity contribution is 9.10. The summed E-state index contributed by atoms with van der Waals surface area (Å²) in [6, 6.07) is 17.2. The molecule has 0 atom stereocenters. The number of aromatic nitrogens is 1. The zero-order valence-electron chi connectivity index (χ0n) is 11.4. The molecular weight excluding hydrogens is 328 g/mol. The molecule has 0 aliphatic heterocycles. The Kier molecular flexibility index (Phi) is 3.71. The summed E-state index contributed by atoms with van der Waals surface area (Å²) in [5.74, 6) is -0.126. The number of nitrogens with one attached hydrogen (secondary N) is 1. The number of nitrogens with zero attached hydrogens (tertiary/aromatic N) is 1. The van der Waals surface area contributed by atoms with Crippen LogP contribution in [0.3, 0.4) is 0 Å². The summed E-state index contributed by atoms with van der Waals surface area (Å²) in [4.78, 5) is 16.8. The highest BCUT2D eigenvalue weighted by Gasteiger charge is 2.11. The van der Waals surface area contributed by atoms with Crippen molar-refractivity contribution >= 4 is 38.3 Å². The third-order valence-electron chi connectivity index (χ3n) is 3.33. The number of hydrogen-bond donors (Lipinski definition) is 1. The molecule has 0 aliphatic carbocycles. The molecule has 0 aliphatic rings. The number of amides is 1. The van der Waals surface area contributed by atoms with Crippen molar-refractivity contribution in [1.29, 1.82) is 0 Å². The molecule has 0 saturated carbocycles. The van der Waals surface area contributed by atoms with E-state index in [-0.39, 0.29) is 5.91 Å². The topological polar surface area (TPSA) is 42.0 Å². The van der Waals surface area contributed by atoms with Crippen LogP contribution < -0.4 is 5.32 Å². The number of aryl methyl sites for hydroxylation is 1. The molecule has 4 heteroatoms. The van der Waals surface area contributed by atoms with Gasteiger partial charge in [-0.2, -0.15) is 0 Å². The smallest absolute Gasteiger partial charge is 0.256 e. The minimum absolute atomic E-state index is 0.126. The van der Waals surface area contributed by atoms with Gasteiger partial charge >= 0.3 is 0 Å². The van der Waals surface area contributed by atoms with Crippen LogP contribution in [-0.4, -0.2) is 10.9 Å². The maximum absolute atomic E-state index is 12.5. The molecule has 0 unspecified atom stereocenters. The Hall–Kier alpha value is -2.20. The number of carbonyl (C=O) groups excluding carboxylic acids is 1. The third kappa shape index (κ3) is 2.81. The Morgan fingerprint density at radius 2 is 1.81 bits per heavy atom. The van der Waals surface area contributed by atoms with Gasteiger partial charge in [0.15, 0.2) is 0 Å². The zero-order valence-corrected chi connectivity index (χ0v) is 13.0. The molecule has 1 heterocycles. The quantitative estimate of drug-likeness (QED) is 0.695. The molecule has 1 N–H and O–H groups in total. The molecule has 0 spiro atoms. The number of benzene rings is 2. The Balaban J connectivity index is 1.97. The molecule has 0 bridgehead atoms. The molecule has 21 heavy (non-hydrogen) atoms. The number of hydrogen-bond acceptors (Lipinski definition) is 2. The molecule has 0 fully saturated rings. The Labute approximate surface area is 131 Å². The van der Waals surface area contributed by atoms with E-state index in [1.165, 1.54) is 0 Å². The summed E-state index contributed by atoms with van der Waals surface area (Å²) in [6.45, 7) is 1.86. The summed E-state index contributed by atoms with van der Waals surface area (Å²) < 4.78 is 0.753. The predicted molar refractivity (Wildman–Crippen MR) is 88.6 cm³/mol. The number of pyridine rings is 1. The van der Waals surface area contributed by atoms with Crippen LogP contribution in [0.15, 0.2) is 59.2 Å². The first-order valence-electron chi connectivity index (χ1n) is 6.57. The van der Waals surface area contributed by atoms with Crippen molar-refractivity contribution in [1.82, 2.24) is 4.98 Å². The van der Waals surface area contributed by atoms with Crippen molar-refractivity contribution < 1.29 is 4.79 Å². The SMILES string of the molecule is Cc1nc(Br)ccc1NC(=O)c1cccc2ccccc12. The number of anilines is 1. The van der Waals surface area contributed by atoms with Gasteiger partial charge in [-0.25, -0.2) is 4.98 Å². The lowest BCUT2D eigenvalue weighted by Gasteiger charge is -2.10. The summed E-state index contributed by atoms with van der Waals surface area (Å²) in [6.07, 6.45) is 0. The van der Waals surface area contributed by atoms with Crippen molar-refractivity contribution in [2.45, 2.75) is 6.92 Å². The second-order valence-electron chi connectivity index (χ2n) is 4.75. The fourth-order valence-electron chi connectivity index (χ4n) is 2.28. The lowest BCUT2D eigenvalue weighted by Crippen LogP contribution is -2.13. The van der Waals surface area contributed by atoms with Gasteiger partial charge in [0.25, 0.3) is 5.91 Å². The second-order valence-corrected chi connectivity index (χ2v) is 5.56. The van der Waals surface area contributed by atoms with Crippen LogP contribution in [0.5, 0.6) is 0 Å². The zero-order chi connectivity index (χ0) is 14.8. The van der Waals surface area contributed by atoms with Crippen LogP contribution >= 0.6 is 15.9 Å². The number of rotatable bonds is 2. The monoisotopic (exact) mass is 340 g/mol. The van der Waals surface area contributed by atoms with Crippen LogP contribution in [-0.2, 0) is 0 Å². The summed E-state index contributed by atoms with van der Waals surface area (Å²) in [5.41, 5.74) is 2.16. The van der Waals surface area contributed by atoms with Gasteiger partial charge in [-0.1, -0.05) is 36.4 Å². The van der Waals surface area contributed by atoms with E-state index < -0.39 is 0 Å². The van der Waals surface area contributed by atoms with E-state index in [1.807, 2.05) is 61.5 Å². The van der Waals surface area contributed by atoms with Crippen molar-refractivity contribution in [3.05, 3.63) is 70.5 Å². The molecule has 3 rings (SSSR count). The van der Waals surface area contributed by atoms with E-state index in [9.17, 15) is 4.79 Å². The largest absolute Gasteiger partial charge is 0.320 e. The van der Waals surface area contributed by atoms with Crippen LogP contribution in [0.1, 0.15) is 16.1 Å². The molecule has 3 aromatic rings. The lowest BCUT2D eigenvalue weighted by molar-refractivity contribution is 0.102. The maximum Gasteiger partial charge on any atom is 0.256 e. The number of halogens is 1. The molecule has 1 aromatic heterocycles. The van der Waals surface area contributed by atoms with E-state index in [0.717, 1.165) is 26.8 Å². The first kappa shape index (κ1) is 13.8. The Bertz CT molecular complexity index is 825. The fraction of sp³-hybridized carbons (Fsp3) is 0.0588. The normalized spacial score (nSPS) is 10.6. The maximum atomic E-state index is 12.5. The van der Waals surface area contributed by atoms with Gasteiger partial charge < -0.3 is 5.32 Å². The standard InChI is InChI=1S/C17H13BrN2O/c1-11-15(9-10-16(18)19-11)20-17(21)14-8-4-6-12-5-2-3-7-13(12)14/h2-10H,1H3,(H,20,21). The molecule has 104 valence electrons. The molecule has 0 saturated heterocycles. The molecule has 3 nitrogen and oxygen atoms in total. The fourth-order valence-corrected chi connectivity index (χ4v) is 2.67. The Morgan fingerprint density at radius 1 is 1.05 bits per heavy atom. The van der Waals surface area contributed by atoms with E-state index in [2.05, 4.69) is 26.2 Å². The van der Waals surface area contributed by atoms with E-state index in [0.29, 0.717) is 5.56 Å². The second kappa shape index (κ2) is 5.66. The minimum atomic E-state index is -0.126. The van der Waals surface area contributed by atoms with Gasteiger partial charge in [-0.3, -0.25) is 4.79 Å². The van der Waals surface area contributed by atoms with Gasteiger partial charge in [-0.15, -0.1) is 0 Å². The van der Waals surface area contributed by atoms with Crippen LogP contribution in [0.4, 0.5) is 5.69 Å². The van der Waals surface area contributed by atoms with E-state index in [4.69, 9.17) is 0 Å². The minimum Gasteiger partial charge on any atom is -0.320 e. The first-order chi connectivity index (χ1) is 10.1. The van der Waals surface area contributed by atoms with Crippen molar-refractivity contribution in [2.75, 3.05) is 5.32 Å². The molecule has 0 radical (unpaired) electrons. The van der Waals surface area contributed by atoms with Gasteiger partial charge in [0.2, 0.25) is 0 Å². The molecule has 1 amide bonds. The van der Waals surface area contributed by atoms with Crippen LogP contribution in [0.25, 0.3) is 10.8 Å². The molecular formula is C17H13BrN2O. The summed E-state index contributed by atoms with van der Waals surface area (Å²) in [5, 5.41) is 4.92. The average Bonchev–Trinajstić information content (AvgIpc) is 2.49. The third-order valence-corrected chi connectivity index (χ3v) is 3.78. The van der Waals surface area contributed by atoms with Crippen molar-refractivity contribution in [2.24, 2.45) is 0 Å². The van der Waals surface area contributed by atoms with Gasteiger partial charge in [0.1, 0.15) is 4.60 Å². The Morgan fingerprint density at radius 3 is 2.62 bits per heavy atom.